The number of carbonyl (C=O) groups is 1. The monoisotopic (exact) mass is 333 g/mol. The van der Waals surface area contributed by atoms with Gasteiger partial charge in [0.15, 0.2) is 0 Å². The summed E-state index contributed by atoms with van der Waals surface area (Å²) in [7, 11) is 0. The zero-order valence-electron chi connectivity index (χ0n) is 14.6. The number of amides is 2. The molecule has 3 rings (SSSR count). The zero-order chi connectivity index (χ0) is 17.6. The van der Waals surface area contributed by atoms with Crippen LogP contribution < -0.4 is 10.6 Å². The van der Waals surface area contributed by atoms with Crippen LogP contribution in [0.3, 0.4) is 0 Å². The smallest absolute Gasteiger partial charge is 0.315 e. The van der Waals surface area contributed by atoms with Crippen molar-refractivity contribution >= 4 is 16.8 Å². The Morgan fingerprint density at radius 1 is 0.960 bits per heavy atom. The van der Waals surface area contributed by atoms with Crippen molar-refractivity contribution in [2.45, 2.75) is 32.4 Å². The molecule has 25 heavy (non-hydrogen) atoms. The molecule has 1 aromatic heterocycles. The lowest BCUT2D eigenvalue weighted by molar-refractivity contribution is 0.234. The summed E-state index contributed by atoms with van der Waals surface area (Å²) in [5.74, 6) is 0. The first kappa shape index (κ1) is 17.0. The minimum absolute atomic E-state index is 0.0470. The van der Waals surface area contributed by atoms with Crippen LogP contribution >= 0.6 is 0 Å². The number of pyridine rings is 1. The predicted molar refractivity (Wildman–Crippen MR) is 101 cm³/mol. The van der Waals surface area contributed by atoms with Crippen LogP contribution in [0.5, 0.6) is 0 Å². The molecule has 0 aliphatic carbocycles. The molecule has 0 aliphatic heterocycles. The van der Waals surface area contributed by atoms with Gasteiger partial charge < -0.3 is 10.6 Å². The number of carbonyl (C=O) groups excluding carboxylic acids is 1. The summed E-state index contributed by atoms with van der Waals surface area (Å²) in [4.78, 5) is 16.2. The first-order chi connectivity index (χ1) is 12.1. The van der Waals surface area contributed by atoms with E-state index in [2.05, 4.69) is 45.9 Å². The van der Waals surface area contributed by atoms with E-state index in [4.69, 9.17) is 0 Å². The Hall–Kier alpha value is -2.88. The fraction of sp³-hybridized carbons (Fsp3) is 0.238. The molecule has 0 radical (unpaired) electrons. The number of benzene rings is 2. The number of urea groups is 1. The maximum atomic E-state index is 12.2. The summed E-state index contributed by atoms with van der Waals surface area (Å²) in [6.45, 7) is 3.98. The molecule has 128 valence electrons. The minimum Gasteiger partial charge on any atom is -0.335 e. The Kier molecular flexibility index (Phi) is 5.29. The first-order valence-electron chi connectivity index (χ1n) is 8.56. The van der Waals surface area contributed by atoms with Crippen molar-refractivity contribution in [2.24, 2.45) is 0 Å². The summed E-state index contributed by atoms with van der Waals surface area (Å²) in [5.41, 5.74) is 2.25. The molecular weight excluding hydrogens is 310 g/mol. The molecule has 2 amide bonds. The molecule has 0 unspecified atom stereocenters. The van der Waals surface area contributed by atoms with Crippen LogP contribution in [0, 0.1) is 0 Å². The normalized spacial score (nSPS) is 13.2. The summed E-state index contributed by atoms with van der Waals surface area (Å²) >= 11 is 0. The van der Waals surface area contributed by atoms with Gasteiger partial charge in [-0.3, -0.25) is 4.98 Å². The lowest BCUT2D eigenvalue weighted by Gasteiger charge is -2.18. The molecule has 2 N–H and O–H groups in total. The van der Waals surface area contributed by atoms with Crippen molar-refractivity contribution in [1.29, 1.82) is 0 Å². The lowest BCUT2D eigenvalue weighted by Crippen LogP contribution is -2.42. The molecule has 0 saturated carbocycles. The minimum atomic E-state index is -0.155. The van der Waals surface area contributed by atoms with Crippen molar-refractivity contribution in [2.75, 3.05) is 0 Å². The average Bonchev–Trinajstić information content (AvgIpc) is 2.62. The highest BCUT2D eigenvalue weighted by Gasteiger charge is 2.12. The highest BCUT2D eigenvalue weighted by atomic mass is 16.2. The second kappa shape index (κ2) is 7.79. The maximum Gasteiger partial charge on any atom is 0.315 e. The summed E-state index contributed by atoms with van der Waals surface area (Å²) < 4.78 is 0. The molecule has 0 bridgehead atoms. The van der Waals surface area contributed by atoms with Crippen LogP contribution in [0.15, 0.2) is 67.0 Å². The van der Waals surface area contributed by atoms with Gasteiger partial charge in [0.2, 0.25) is 0 Å². The summed E-state index contributed by atoms with van der Waals surface area (Å²) in [6.07, 6.45) is 4.25. The van der Waals surface area contributed by atoms with Gasteiger partial charge in [-0.15, -0.1) is 0 Å². The Morgan fingerprint density at radius 3 is 2.44 bits per heavy atom. The number of fused-ring (bicyclic) bond motifs is 1. The molecule has 4 nitrogen and oxygen atoms in total. The van der Waals surface area contributed by atoms with Gasteiger partial charge in [0.1, 0.15) is 0 Å². The third-order valence-electron chi connectivity index (χ3n) is 4.29. The molecule has 2 atom stereocenters. The van der Waals surface area contributed by atoms with Crippen LogP contribution in [0.4, 0.5) is 4.79 Å². The maximum absolute atomic E-state index is 12.2. The average molecular weight is 333 g/mol. The van der Waals surface area contributed by atoms with E-state index in [0.717, 1.165) is 12.0 Å². The molecule has 2 aromatic carbocycles. The van der Waals surface area contributed by atoms with Crippen LogP contribution in [-0.4, -0.2) is 17.1 Å². The van der Waals surface area contributed by atoms with Gasteiger partial charge in [-0.05, 0) is 54.3 Å². The van der Waals surface area contributed by atoms with Gasteiger partial charge in [0.25, 0.3) is 0 Å². The van der Waals surface area contributed by atoms with E-state index in [0.29, 0.717) is 0 Å². The number of rotatable bonds is 5. The Morgan fingerprint density at radius 2 is 1.68 bits per heavy atom. The predicted octanol–water partition coefficient (Wildman–Crippen LogP) is 4.23. The van der Waals surface area contributed by atoms with Crippen molar-refractivity contribution in [3.63, 3.8) is 0 Å². The van der Waals surface area contributed by atoms with Crippen molar-refractivity contribution in [3.8, 4) is 0 Å². The Labute approximate surface area is 148 Å². The quantitative estimate of drug-likeness (QED) is 0.734. The number of hydrogen-bond acceptors (Lipinski definition) is 2. The summed E-state index contributed by atoms with van der Waals surface area (Å²) in [6, 6.07) is 18.4. The molecule has 0 spiro atoms. The molecule has 0 saturated heterocycles. The number of hydrogen-bond donors (Lipinski definition) is 2. The molecule has 1 heterocycles. The van der Waals surface area contributed by atoms with E-state index in [1.54, 1.807) is 12.4 Å². The Bertz CT molecular complexity index is 848. The van der Waals surface area contributed by atoms with Gasteiger partial charge >= 0.3 is 6.03 Å². The molecule has 0 fully saturated rings. The number of nitrogens with one attached hydrogen (secondary N) is 2. The highest BCUT2D eigenvalue weighted by molar-refractivity contribution is 5.83. The third-order valence-corrected chi connectivity index (χ3v) is 4.29. The number of nitrogens with zero attached hydrogens (tertiary/aromatic N) is 1. The van der Waals surface area contributed by atoms with Gasteiger partial charge in [0, 0.05) is 18.4 Å². The van der Waals surface area contributed by atoms with Gasteiger partial charge in [-0.2, -0.15) is 0 Å². The van der Waals surface area contributed by atoms with Gasteiger partial charge in [-0.25, -0.2) is 4.79 Å². The number of aromatic nitrogens is 1. The molecular formula is C21H23N3O. The van der Waals surface area contributed by atoms with Crippen molar-refractivity contribution < 1.29 is 4.79 Å². The fourth-order valence-electron chi connectivity index (χ4n) is 2.97. The van der Waals surface area contributed by atoms with Crippen LogP contribution in [0.2, 0.25) is 0 Å². The van der Waals surface area contributed by atoms with Crippen LogP contribution in [0.25, 0.3) is 10.8 Å². The van der Waals surface area contributed by atoms with E-state index in [1.165, 1.54) is 16.3 Å². The SMILES string of the molecule is C[C@H](Cc1ccc2ccccc2c1)NC(=O)N[C@@H](C)c1ccncc1. The van der Waals surface area contributed by atoms with E-state index in [-0.39, 0.29) is 18.1 Å². The summed E-state index contributed by atoms with van der Waals surface area (Å²) in [5, 5.41) is 8.43. The second-order valence-corrected chi connectivity index (χ2v) is 6.41. The van der Waals surface area contributed by atoms with Gasteiger partial charge in [0.05, 0.1) is 6.04 Å². The standard InChI is InChI=1S/C21H23N3O/c1-15(13-17-7-8-19-5-3-4-6-20(19)14-17)23-21(25)24-16(2)18-9-11-22-12-10-18/h3-12,14-16H,13H2,1-2H3,(H2,23,24,25)/t15-,16+/m1/s1. The Balaban J connectivity index is 1.55. The van der Waals surface area contributed by atoms with Crippen molar-refractivity contribution in [1.82, 2.24) is 15.6 Å². The second-order valence-electron chi connectivity index (χ2n) is 6.41. The molecule has 3 aromatic rings. The van der Waals surface area contributed by atoms with Crippen LogP contribution in [-0.2, 0) is 6.42 Å². The third kappa shape index (κ3) is 4.57. The lowest BCUT2D eigenvalue weighted by atomic mass is 10.0. The van der Waals surface area contributed by atoms with E-state index in [9.17, 15) is 4.79 Å². The van der Waals surface area contributed by atoms with Gasteiger partial charge in [-0.1, -0.05) is 42.5 Å². The molecule has 4 heteroatoms. The molecule has 0 aliphatic rings. The largest absolute Gasteiger partial charge is 0.335 e. The zero-order valence-corrected chi connectivity index (χ0v) is 14.6. The first-order valence-corrected chi connectivity index (χ1v) is 8.56. The fourth-order valence-corrected chi connectivity index (χ4v) is 2.97. The topological polar surface area (TPSA) is 54.0 Å². The highest BCUT2D eigenvalue weighted by Crippen LogP contribution is 2.16. The van der Waals surface area contributed by atoms with E-state index < -0.39 is 0 Å². The van der Waals surface area contributed by atoms with E-state index >= 15 is 0 Å². The van der Waals surface area contributed by atoms with Crippen molar-refractivity contribution in [3.05, 3.63) is 78.1 Å². The van der Waals surface area contributed by atoms with Crippen LogP contribution in [0.1, 0.15) is 31.0 Å². The van der Waals surface area contributed by atoms with E-state index in [1.807, 2.05) is 38.1 Å².